The highest BCUT2D eigenvalue weighted by Gasteiger charge is 2.10. The van der Waals surface area contributed by atoms with Crippen LogP contribution in [0.15, 0.2) is 35.6 Å². The second-order valence-corrected chi connectivity index (χ2v) is 3.49. The average Bonchev–Trinajstić information content (AvgIpc) is 2.29. The van der Waals surface area contributed by atoms with Crippen molar-refractivity contribution in [3.05, 3.63) is 51.8 Å². The number of aromatic amines is 1. The van der Waals surface area contributed by atoms with Gasteiger partial charge in [0, 0.05) is 18.5 Å². The van der Waals surface area contributed by atoms with E-state index in [9.17, 15) is 9.59 Å². The second-order valence-electron chi connectivity index (χ2n) is 3.10. The van der Waals surface area contributed by atoms with E-state index in [1.807, 2.05) is 0 Å². The number of hydrogen-bond acceptors (Lipinski definition) is 4. The largest absolute Gasteiger partial charge is 0.367 e. The summed E-state index contributed by atoms with van der Waals surface area (Å²) in [6, 6.07) is 1.26. The zero-order valence-electron chi connectivity index (χ0n) is 8.48. The maximum absolute atomic E-state index is 11.7. The van der Waals surface area contributed by atoms with Crippen molar-refractivity contribution in [2.24, 2.45) is 0 Å². The number of hydrogen-bond donors (Lipinski definition) is 2. The predicted molar refractivity (Wildman–Crippen MR) is 62.1 cm³/mol. The molecule has 2 rings (SSSR count). The molecule has 6 nitrogen and oxygen atoms in total. The number of amides is 1. The molecule has 0 radical (unpaired) electrons. The van der Waals surface area contributed by atoms with Gasteiger partial charge in [0.2, 0.25) is 0 Å². The fourth-order valence-corrected chi connectivity index (χ4v) is 1.33. The Morgan fingerprint density at radius 2 is 2.24 bits per heavy atom. The van der Waals surface area contributed by atoms with Crippen molar-refractivity contribution in [2.75, 3.05) is 5.32 Å². The molecule has 2 N–H and O–H groups in total. The van der Waals surface area contributed by atoms with E-state index >= 15 is 0 Å². The van der Waals surface area contributed by atoms with Crippen LogP contribution in [0, 0.1) is 0 Å². The molecule has 0 spiro atoms. The summed E-state index contributed by atoms with van der Waals surface area (Å²) in [7, 11) is 0. The number of pyridine rings is 1. The molecule has 2 aromatic heterocycles. The Balaban J connectivity index is 2.23. The Bertz CT molecular complexity index is 611. The Hall–Kier alpha value is -2.21. The van der Waals surface area contributed by atoms with E-state index < -0.39 is 5.91 Å². The summed E-state index contributed by atoms with van der Waals surface area (Å²) in [5.74, 6) is -0.380. The van der Waals surface area contributed by atoms with Crippen molar-refractivity contribution in [2.45, 2.75) is 0 Å². The number of halogens is 1. The van der Waals surface area contributed by atoms with Gasteiger partial charge in [-0.15, -0.1) is 0 Å². The molecule has 0 aromatic carbocycles. The molecule has 2 heterocycles. The highest BCUT2D eigenvalue weighted by Crippen LogP contribution is 2.07. The molecule has 0 aliphatic rings. The van der Waals surface area contributed by atoms with E-state index in [0.717, 1.165) is 0 Å². The zero-order valence-corrected chi connectivity index (χ0v) is 9.23. The molecule has 0 saturated carbocycles. The molecule has 0 bridgehead atoms. The summed E-state index contributed by atoms with van der Waals surface area (Å²) in [4.78, 5) is 33.3. The summed E-state index contributed by atoms with van der Waals surface area (Å²) in [5, 5.41) is 2.58. The van der Waals surface area contributed by atoms with Gasteiger partial charge in [0.15, 0.2) is 11.2 Å². The van der Waals surface area contributed by atoms with Crippen LogP contribution >= 0.6 is 11.6 Å². The molecule has 0 atom stereocenters. The highest BCUT2D eigenvalue weighted by atomic mass is 35.5. The standard InChI is InChI=1S/C10H7ClN4O2/c11-8-4-13-5-9(14-8)15-10(17)6-3-12-2-1-7(6)16/h1-5H,(H,12,16)(H,14,15,17). The molecule has 17 heavy (non-hydrogen) atoms. The van der Waals surface area contributed by atoms with Gasteiger partial charge in [-0.25, -0.2) is 4.98 Å². The first-order valence-corrected chi connectivity index (χ1v) is 5.00. The Labute approximate surface area is 101 Å². The summed E-state index contributed by atoms with van der Waals surface area (Å²) < 4.78 is 0. The first kappa shape index (κ1) is 11.3. The third kappa shape index (κ3) is 2.67. The van der Waals surface area contributed by atoms with E-state index in [1.165, 1.54) is 30.9 Å². The van der Waals surface area contributed by atoms with E-state index in [2.05, 4.69) is 20.3 Å². The molecule has 0 aliphatic heterocycles. The van der Waals surface area contributed by atoms with Crippen molar-refractivity contribution in [1.82, 2.24) is 15.0 Å². The third-order valence-electron chi connectivity index (χ3n) is 1.92. The van der Waals surface area contributed by atoms with Crippen LogP contribution in [-0.2, 0) is 0 Å². The summed E-state index contributed by atoms with van der Waals surface area (Å²) in [5.41, 5.74) is -0.384. The van der Waals surface area contributed by atoms with Crippen LogP contribution in [0.3, 0.4) is 0 Å². The zero-order chi connectivity index (χ0) is 12.3. The van der Waals surface area contributed by atoms with Gasteiger partial charge in [-0.3, -0.25) is 14.6 Å². The van der Waals surface area contributed by atoms with Crippen LogP contribution in [0.2, 0.25) is 5.15 Å². The van der Waals surface area contributed by atoms with Gasteiger partial charge in [-0.2, -0.15) is 0 Å². The molecule has 7 heteroatoms. The molecule has 0 unspecified atom stereocenters. The van der Waals surface area contributed by atoms with Crippen LogP contribution in [-0.4, -0.2) is 20.9 Å². The Kier molecular flexibility index (Phi) is 3.15. The minimum absolute atomic E-state index is 0.00530. The molecule has 0 aliphatic carbocycles. The minimum atomic E-state index is -0.566. The van der Waals surface area contributed by atoms with Crippen molar-refractivity contribution in [3.63, 3.8) is 0 Å². The lowest BCUT2D eigenvalue weighted by Gasteiger charge is -2.02. The maximum Gasteiger partial charge on any atom is 0.262 e. The number of nitrogens with one attached hydrogen (secondary N) is 2. The monoisotopic (exact) mass is 250 g/mol. The quantitative estimate of drug-likeness (QED) is 0.835. The molecule has 2 aromatic rings. The lowest BCUT2D eigenvalue weighted by molar-refractivity contribution is 0.102. The third-order valence-corrected chi connectivity index (χ3v) is 2.10. The van der Waals surface area contributed by atoms with Gasteiger partial charge in [0.1, 0.15) is 10.7 Å². The van der Waals surface area contributed by atoms with E-state index in [4.69, 9.17) is 11.6 Å². The number of carbonyl (C=O) groups excluding carboxylic acids is 1. The lowest BCUT2D eigenvalue weighted by Crippen LogP contribution is -2.21. The topological polar surface area (TPSA) is 87.7 Å². The van der Waals surface area contributed by atoms with Gasteiger partial charge in [-0.1, -0.05) is 11.6 Å². The fourth-order valence-electron chi connectivity index (χ4n) is 1.18. The fraction of sp³-hybridized carbons (Fsp3) is 0. The molecular formula is C10H7ClN4O2. The van der Waals surface area contributed by atoms with Crippen LogP contribution < -0.4 is 10.7 Å². The number of anilines is 1. The van der Waals surface area contributed by atoms with Gasteiger partial charge >= 0.3 is 0 Å². The van der Waals surface area contributed by atoms with Crippen molar-refractivity contribution in [3.8, 4) is 0 Å². The number of rotatable bonds is 2. The van der Waals surface area contributed by atoms with Gasteiger partial charge in [0.05, 0.1) is 12.4 Å². The Morgan fingerprint density at radius 1 is 1.41 bits per heavy atom. The molecule has 0 fully saturated rings. The van der Waals surface area contributed by atoms with Crippen molar-refractivity contribution >= 4 is 23.3 Å². The number of carbonyl (C=O) groups is 1. The predicted octanol–water partition coefficient (Wildman–Crippen LogP) is 1.07. The number of nitrogens with zero attached hydrogens (tertiary/aromatic N) is 2. The van der Waals surface area contributed by atoms with Crippen LogP contribution in [0.25, 0.3) is 0 Å². The van der Waals surface area contributed by atoms with Gasteiger partial charge in [0.25, 0.3) is 5.91 Å². The van der Waals surface area contributed by atoms with E-state index in [-0.39, 0.29) is 22.0 Å². The molecular weight excluding hydrogens is 244 g/mol. The van der Waals surface area contributed by atoms with Gasteiger partial charge in [-0.05, 0) is 0 Å². The maximum atomic E-state index is 11.7. The summed E-state index contributed by atoms with van der Waals surface area (Å²) >= 11 is 5.61. The lowest BCUT2D eigenvalue weighted by atomic mass is 10.2. The first-order valence-electron chi connectivity index (χ1n) is 4.63. The smallest absolute Gasteiger partial charge is 0.262 e. The number of aromatic nitrogens is 3. The normalized spacial score (nSPS) is 9.94. The SMILES string of the molecule is O=C(Nc1cncc(Cl)n1)c1c[nH]ccc1=O. The van der Waals surface area contributed by atoms with E-state index in [1.54, 1.807) is 0 Å². The minimum Gasteiger partial charge on any atom is -0.367 e. The van der Waals surface area contributed by atoms with Crippen molar-refractivity contribution in [1.29, 1.82) is 0 Å². The summed E-state index contributed by atoms with van der Waals surface area (Å²) in [6.07, 6.45) is 5.43. The summed E-state index contributed by atoms with van der Waals surface area (Å²) in [6.45, 7) is 0. The Morgan fingerprint density at radius 3 is 2.94 bits per heavy atom. The molecule has 0 saturated heterocycles. The average molecular weight is 251 g/mol. The second kappa shape index (κ2) is 4.75. The van der Waals surface area contributed by atoms with Crippen LogP contribution in [0.1, 0.15) is 10.4 Å². The molecule has 86 valence electrons. The van der Waals surface area contributed by atoms with Crippen LogP contribution in [0.5, 0.6) is 0 Å². The number of H-pyrrole nitrogens is 1. The highest BCUT2D eigenvalue weighted by molar-refractivity contribution is 6.29. The van der Waals surface area contributed by atoms with Gasteiger partial charge < -0.3 is 10.3 Å². The molecule has 1 amide bonds. The van der Waals surface area contributed by atoms with Crippen LogP contribution in [0.4, 0.5) is 5.82 Å². The van der Waals surface area contributed by atoms with E-state index in [0.29, 0.717) is 0 Å². The van der Waals surface area contributed by atoms with Crippen molar-refractivity contribution < 1.29 is 4.79 Å². The first-order chi connectivity index (χ1) is 8.16.